The van der Waals surface area contributed by atoms with Crippen molar-refractivity contribution in [2.45, 2.75) is 58.0 Å². The van der Waals surface area contributed by atoms with Gasteiger partial charge in [0.1, 0.15) is 17.5 Å². The van der Waals surface area contributed by atoms with Gasteiger partial charge in [-0.2, -0.15) is 0 Å². The molecule has 0 radical (unpaired) electrons. The van der Waals surface area contributed by atoms with Crippen LogP contribution in [0.3, 0.4) is 0 Å². The quantitative estimate of drug-likeness (QED) is 0.491. The van der Waals surface area contributed by atoms with Gasteiger partial charge in [-0.15, -0.1) is 0 Å². The number of anilines is 2. The van der Waals surface area contributed by atoms with Gasteiger partial charge in [-0.3, -0.25) is 0 Å². The molecule has 6 nitrogen and oxygen atoms in total. The first-order chi connectivity index (χ1) is 9.92. The average molecular weight is 293 g/mol. The second kappa shape index (κ2) is 6.58. The summed E-state index contributed by atoms with van der Waals surface area (Å²) in [6.45, 7) is 6.78. The van der Waals surface area contributed by atoms with Gasteiger partial charge in [0, 0.05) is 18.5 Å². The molecule has 0 saturated heterocycles. The van der Waals surface area contributed by atoms with Gasteiger partial charge in [0.2, 0.25) is 0 Å². The molecule has 2 unspecified atom stereocenters. The summed E-state index contributed by atoms with van der Waals surface area (Å²) in [5.74, 6) is 8.26. The zero-order chi connectivity index (χ0) is 15.5. The van der Waals surface area contributed by atoms with E-state index in [2.05, 4.69) is 27.6 Å². The molecule has 2 rings (SSSR count). The molecule has 1 aromatic rings. The molecule has 118 valence electrons. The van der Waals surface area contributed by atoms with Crippen LogP contribution in [0.4, 0.5) is 11.6 Å². The molecular formula is C15H27N5O. The van der Waals surface area contributed by atoms with Crippen LogP contribution in [0, 0.1) is 5.92 Å². The van der Waals surface area contributed by atoms with Crippen molar-refractivity contribution in [3.8, 4) is 0 Å². The zero-order valence-corrected chi connectivity index (χ0v) is 13.2. The monoisotopic (exact) mass is 293 g/mol. The molecular weight excluding hydrogens is 266 g/mol. The minimum atomic E-state index is -0.642. The normalized spacial score (nSPS) is 25.9. The lowest BCUT2D eigenvalue weighted by Crippen LogP contribution is -2.41. The van der Waals surface area contributed by atoms with Gasteiger partial charge in [0.05, 0.1) is 5.60 Å². The fourth-order valence-electron chi connectivity index (χ4n) is 2.94. The SMILES string of the molecule is CC1CCCC(O)(CNc2cc(NN)nc(C(C)C)n2)C1. The molecule has 1 fully saturated rings. The Balaban J connectivity index is 2.06. The van der Waals surface area contributed by atoms with Crippen molar-refractivity contribution in [2.24, 2.45) is 11.8 Å². The highest BCUT2D eigenvalue weighted by molar-refractivity contribution is 5.47. The highest BCUT2D eigenvalue weighted by Gasteiger charge is 2.32. The Morgan fingerprint density at radius 2 is 2.14 bits per heavy atom. The lowest BCUT2D eigenvalue weighted by atomic mass is 9.79. The molecule has 1 aromatic heterocycles. The summed E-state index contributed by atoms with van der Waals surface area (Å²) in [6.07, 6.45) is 3.96. The molecule has 0 aromatic carbocycles. The number of aliphatic hydroxyl groups is 1. The molecule has 0 amide bonds. The molecule has 1 aliphatic carbocycles. The van der Waals surface area contributed by atoms with Crippen LogP contribution in [0.2, 0.25) is 0 Å². The first-order valence-electron chi connectivity index (χ1n) is 7.74. The van der Waals surface area contributed by atoms with Gasteiger partial charge in [-0.25, -0.2) is 15.8 Å². The minimum absolute atomic E-state index is 0.219. The highest BCUT2D eigenvalue weighted by Crippen LogP contribution is 2.32. The van der Waals surface area contributed by atoms with Crippen molar-refractivity contribution in [1.29, 1.82) is 0 Å². The van der Waals surface area contributed by atoms with Gasteiger partial charge < -0.3 is 15.8 Å². The summed E-state index contributed by atoms with van der Waals surface area (Å²) in [6, 6.07) is 1.77. The number of nitrogens with two attached hydrogens (primary N) is 1. The lowest BCUT2D eigenvalue weighted by Gasteiger charge is -2.35. The second-order valence-corrected chi connectivity index (χ2v) is 6.58. The van der Waals surface area contributed by atoms with Gasteiger partial charge in [-0.1, -0.05) is 33.6 Å². The van der Waals surface area contributed by atoms with E-state index in [4.69, 9.17) is 5.84 Å². The second-order valence-electron chi connectivity index (χ2n) is 6.58. The van der Waals surface area contributed by atoms with Crippen LogP contribution in [0.15, 0.2) is 6.07 Å². The van der Waals surface area contributed by atoms with Crippen LogP contribution in [0.1, 0.15) is 58.2 Å². The van der Waals surface area contributed by atoms with Crippen molar-refractivity contribution < 1.29 is 5.11 Å². The lowest BCUT2D eigenvalue weighted by molar-refractivity contribution is -0.000831. The molecule has 1 heterocycles. The van der Waals surface area contributed by atoms with E-state index in [1.165, 1.54) is 6.42 Å². The number of hydrogen-bond donors (Lipinski definition) is 4. The Morgan fingerprint density at radius 3 is 2.76 bits per heavy atom. The molecule has 1 aliphatic rings. The van der Waals surface area contributed by atoms with E-state index in [-0.39, 0.29) is 5.92 Å². The van der Waals surface area contributed by atoms with Crippen LogP contribution < -0.4 is 16.6 Å². The molecule has 0 bridgehead atoms. The van der Waals surface area contributed by atoms with E-state index in [0.29, 0.717) is 24.1 Å². The number of nitrogen functional groups attached to an aromatic ring is 1. The van der Waals surface area contributed by atoms with Crippen LogP contribution in [0.5, 0.6) is 0 Å². The largest absolute Gasteiger partial charge is 0.388 e. The summed E-state index contributed by atoms with van der Waals surface area (Å²) in [5.41, 5.74) is 1.92. The fourth-order valence-corrected chi connectivity index (χ4v) is 2.94. The number of nitrogens with one attached hydrogen (secondary N) is 2. The van der Waals surface area contributed by atoms with E-state index >= 15 is 0 Å². The third-order valence-corrected chi connectivity index (χ3v) is 4.07. The number of hydrazine groups is 1. The molecule has 5 N–H and O–H groups in total. The summed E-state index contributed by atoms with van der Waals surface area (Å²) >= 11 is 0. The standard InChI is InChI=1S/C15H27N5O/c1-10(2)14-18-12(7-13(19-14)20-16)17-9-15(21)6-4-5-11(3)8-15/h7,10-11,21H,4-6,8-9,16H2,1-3H3,(H2,17,18,19,20). The predicted molar refractivity (Wildman–Crippen MR) is 85.0 cm³/mol. The third-order valence-electron chi connectivity index (χ3n) is 4.07. The Morgan fingerprint density at radius 1 is 1.43 bits per heavy atom. The summed E-state index contributed by atoms with van der Waals surface area (Å²) in [5, 5.41) is 13.9. The Labute approximate surface area is 126 Å². The Bertz CT molecular complexity index is 479. The highest BCUT2D eigenvalue weighted by atomic mass is 16.3. The number of nitrogens with zero attached hydrogens (tertiary/aromatic N) is 2. The summed E-state index contributed by atoms with van der Waals surface area (Å²) in [4.78, 5) is 8.81. The first kappa shape index (κ1) is 16.0. The molecule has 2 atom stereocenters. The number of aromatic nitrogens is 2. The number of rotatable bonds is 5. The summed E-state index contributed by atoms with van der Waals surface area (Å²) < 4.78 is 0. The maximum absolute atomic E-state index is 10.7. The van der Waals surface area contributed by atoms with Gasteiger partial charge in [-0.05, 0) is 18.8 Å². The van der Waals surface area contributed by atoms with Gasteiger partial charge in [0.15, 0.2) is 0 Å². The smallest absolute Gasteiger partial charge is 0.145 e. The van der Waals surface area contributed by atoms with Gasteiger partial charge in [0.25, 0.3) is 0 Å². The first-order valence-corrected chi connectivity index (χ1v) is 7.74. The predicted octanol–water partition coefficient (Wildman–Crippen LogP) is 2.24. The van der Waals surface area contributed by atoms with E-state index in [1.54, 1.807) is 6.07 Å². The van der Waals surface area contributed by atoms with Crippen LogP contribution >= 0.6 is 0 Å². The van der Waals surface area contributed by atoms with Crippen LogP contribution in [-0.4, -0.2) is 27.2 Å². The molecule has 21 heavy (non-hydrogen) atoms. The van der Waals surface area contributed by atoms with Crippen molar-refractivity contribution in [3.63, 3.8) is 0 Å². The Kier molecular flexibility index (Phi) is 5.00. The van der Waals surface area contributed by atoms with Crippen molar-refractivity contribution in [3.05, 3.63) is 11.9 Å². The molecule has 1 saturated carbocycles. The van der Waals surface area contributed by atoms with Crippen LogP contribution in [0.25, 0.3) is 0 Å². The van der Waals surface area contributed by atoms with E-state index < -0.39 is 5.60 Å². The molecule has 0 aliphatic heterocycles. The van der Waals surface area contributed by atoms with E-state index in [9.17, 15) is 5.11 Å². The van der Waals surface area contributed by atoms with Crippen molar-refractivity contribution in [2.75, 3.05) is 17.3 Å². The maximum atomic E-state index is 10.7. The maximum Gasteiger partial charge on any atom is 0.145 e. The van der Waals surface area contributed by atoms with E-state index in [0.717, 1.165) is 25.1 Å². The van der Waals surface area contributed by atoms with Crippen LogP contribution in [-0.2, 0) is 0 Å². The van der Waals surface area contributed by atoms with Gasteiger partial charge >= 0.3 is 0 Å². The average Bonchev–Trinajstić information content (AvgIpc) is 2.44. The number of hydrogen-bond acceptors (Lipinski definition) is 6. The Hall–Kier alpha value is -1.40. The topological polar surface area (TPSA) is 96.1 Å². The molecule has 0 spiro atoms. The zero-order valence-electron chi connectivity index (χ0n) is 13.2. The fraction of sp³-hybridized carbons (Fsp3) is 0.733. The summed E-state index contributed by atoms with van der Waals surface area (Å²) in [7, 11) is 0. The van der Waals surface area contributed by atoms with Crippen molar-refractivity contribution in [1.82, 2.24) is 9.97 Å². The minimum Gasteiger partial charge on any atom is -0.388 e. The molecule has 6 heteroatoms. The van der Waals surface area contributed by atoms with E-state index in [1.807, 2.05) is 13.8 Å². The third kappa shape index (κ3) is 4.28. The van der Waals surface area contributed by atoms with Crippen molar-refractivity contribution >= 4 is 11.6 Å².